The van der Waals surface area contributed by atoms with Gasteiger partial charge in [0.2, 0.25) is 0 Å². The molecule has 0 aliphatic rings. The highest BCUT2D eigenvalue weighted by Gasteiger charge is 2.25. The van der Waals surface area contributed by atoms with Crippen molar-refractivity contribution in [1.29, 1.82) is 0 Å². The maximum atomic E-state index is 11.9. The fourth-order valence-electron chi connectivity index (χ4n) is 1.59. The highest BCUT2D eigenvalue weighted by atomic mass is 16.6. The van der Waals surface area contributed by atoms with Gasteiger partial charge in [-0.05, 0) is 12.5 Å². The van der Waals surface area contributed by atoms with E-state index in [0.29, 0.717) is 0 Å². The first-order valence-corrected chi connectivity index (χ1v) is 5.81. The molecular weight excluding hydrogens is 284 g/mol. The lowest BCUT2D eigenvalue weighted by molar-refractivity contribution is -0.385. The van der Waals surface area contributed by atoms with Gasteiger partial charge in [-0.25, -0.2) is 4.79 Å². The SMILES string of the molecule is O=C(O)CC[C@H](NC(=O)c1ccccc1[N+](=O)[O-])C(=O)O. The minimum atomic E-state index is -1.44. The number of hydrogen-bond acceptors (Lipinski definition) is 5. The van der Waals surface area contributed by atoms with Gasteiger partial charge in [-0.1, -0.05) is 12.1 Å². The van der Waals surface area contributed by atoms with Gasteiger partial charge in [0.05, 0.1) is 4.92 Å². The van der Waals surface area contributed by atoms with E-state index in [0.717, 1.165) is 6.07 Å². The van der Waals surface area contributed by atoms with E-state index in [2.05, 4.69) is 5.32 Å². The molecule has 0 saturated carbocycles. The summed E-state index contributed by atoms with van der Waals surface area (Å²) < 4.78 is 0. The van der Waals surface area contributed by atoms with Crippen molar-refractivity contribution >= 4 is 23.5 Å². The first-order valence-electron chi connectivity index (χ1n) is 5.81. The van der Waals surface area contributed by atoms with Gasteiger partial charge in [0, 0.05) is 12.5 Å². The molecule has 0 bridgehead atoms. The van der Waals surface area contributed by atoms with E-state index in [1.165, 1.54) is 18.2 Å². The highest BCUT2D eigenvalue weighted by Crippen LogP contribution is 2.17. The molecule has 0 aliphatic heterocycles. The second-order valence-corrected chi connectivity index (χ2v) is 4.07. The molecule has 9 heteroatoms. The van der Waals surface area contributed by atoms with Gasteiger partial charge >= 0.3 is 11.9 Å². The quantitative estimate of drug-likeness (QED) is 0.494. The van der Waals surface area contributed by atoms with Gasteiger partial charge in [0.1, 0.15) is 11.6 Å². The summed E-state index contributed by atoms with van der Waals surface area (Å²) in [6.07, 6.45) is -0.773. The molecule has 3 N–H and O–H groups in total. The molecule has 1 atom stereocenters. The van der Waals surface area contributed by atoms with Crippen LogP contribution in [0.1, 0.15) is 23.2 Å². The van der Waals surface area contributed by atoms with Crippen LogP contribution in [0.25, 0.3) is 0 Å². The smallest absolute Gasteiger partial charge is 0.326 e. The van der Waals surface area contributed by atoms with Gasteiger partial charge < -0.3 is 15.5 Å². The summed E-state index contributed by atoms with van der Waals surface area (Å²) in [5, 5.41) is 30.3. The Kier molecular flexibility index (Phi) is 5.35. The molecule has 21 heavy (non-hydrogen) atoms. The Morgan fingerprint density at radius 1 is 1.24 bits per heavy atom. The third-order valence-corrected chi connectivity index (χ3v) is 2.60. The second kappa shape index (κ2) is 6.98. The maximum absolute atomic E-state index is 11.9. The molecule has 0 saturated heterocycles. The van der Waals surface area contributed by atoms with Crippen molar-refractivity contribution in [3.63, 3.8) is 0 Å². The molecule has 0 radical (unpaired) electrons. The lowest BCUT2D eigenvalue weighted by Crippen LogP contribution is -2.41. The highest BCUT2D eigenvalue weighted by molar-refractivity contribution is 6.00. The zero-order chi connectivity index (χ0) is 16.0. The number of nitro groups is 1. The average molecular weight is 296 g/mol. The molecule has 1 aromatic rings. The number of hydrogen-bond donors (Lipinski definition) is 3. The lowest BCUT2D eigenvalue weighted by Gasteiger charge is -2.13. The molecule has 1 amide bonds. The Morgan fingerprint density at radius 3 is 2.38 bits per heavy atom. The summed E-state index contributed by atoms with van der Waals surface area (Å²) in [7, 11) is 0. The summed E-state index contributed by atoms with van der Waals surface area (Å²) in [5.74, 6) is -3.57. The number of aliphatic carboxylic acids is 2. The number of carboxylic acids is 2. The van der Waals surface area contributed by atoms with Gasteiger partial charge in [-0.2, -0.15) is 0 Å². The minimum absolute atomic E-state index is 0.288. The topological polar surface area (TPSA) is 147 Å². The molecule has 1 aromatic carbocycles. The average Bonchev–Trinajstić information content (AvgIpc) is 2.42. The normalized spacial score (nSPS) is 11.4. The predicted molar refractivity (Wildman–Crippen MR) is 68.9 cm³/mol. The fourth-order valence-corrected chi connectivity index (χ4v) is 1.59. The van der Waals surface area contributed by atoms with Crippen LogP contribution in [0.5, 0.6) is 0 Å². The van der Waals surface area contributed by atoms with Crippen molar-refractivity contribution in [1.82, 2.24) is 5.32 Å². The Balaban J connectivity index is 2.90. The lowest BCUT2D eigenvalue weighted by atomic mass is 10.1. The monoisotopic (exact) mass is 296 g/mol. The van der Waals surface area contributed by atoms with E-state index in [1.54, 1.807) is 0 Å². The van der Waals surface area contributed by atoms with Gasteiger partial charge in [-0.15, -0.1) is 0 Å². The fraction of sp³-hybridized carbons (Fsp3) is 0.250. The number of carbonyl (C=O) groups excluding carboxylic acids is 1. The summed E-state index contributed by atoms with van der Waals surface area (Å²) in [5.41, 5.74) is -0.749. The zero-order valence-corrected chi connectivity index (χ0v) is 10.7. The van der Waals surface area contributed by atoms with Crippen molar-refractivity contribution in [2.75, 3.05) is 0 Å². The van der Waals surface area contributed by atoms with Crippen LogP contribution in [-0.4, -0.2) is 39.0 Å². The molecule has 0 heterocycles. The molecule has 9 nitrogen and oxygen atoms in total. The van der Waals surface area contributed by atoms with E-state index in [1.807, 2.05) is 0 Å². The number of amides is 1. The Morgan fingerprint density at radius 2 is 1.86 bits per heavy atom. The van der Waals surface area contributed by atoms with Gasteiger partial charge in [0.15, 0.2) is 0 Å². The van der Waals surface area contributed by atoms with E-state index in [4.69, 9.17) is 10.2 Å². The van der Waals surface area contributed by atoms with Crippen LogP contribution < -0.4 is 5.32 Å². The molecular formula is C12H12N2O7. The van der Waals surface area contributed by atoms with E-state index >= 15 is 0 Å². The summed E-state index contributed by atoms with van der Waals surface area (Å²) in [4.78, 5) is 43.3. The number of carboxylic acid groups (broad SMARTS) is 2. The van der Waals surface area contributed by atoms with Crippen LogP contribution in [0, 0.1) is 10.1 Å². The van der Waals surface area contributed by atoms with Crippen LogP contribution in [-0.2, 0) is 9.59 Å². The first kappa shape index (κ1) is 16.1. The van der Waals surface area contributed by atoms with E-state index < -0.39 is 40.9 Å². The number of nitrogens with one attached hydrogen (secondary N) is 1. The van der Waals surface area contributed by atoms with Crippen LogP contribution in [0.3, 0.4) is 0 Å². The van der Waals surface area contributed by atoms with Crippen molar-refractivity contribution < 1.29 is 29.5 Å². The van der Waals surface area contributed by atoms with Gasteiger partial charge in [-0.3, -0.25) is 19.7 Å². The van der Waals surface area contributed by atoms with Crippen LogP contribution in [0.4, 0.5) is 5.69 Å². The van der Waals surface area contributed by atoms with Crippen molar-refractivity contribution in [3.8, 4) is 0 Å². The van der Waals surface area contributed by atoms with Crippen LogP contribution >= 0.6 is 0 Å². The predicted octanol–water partition coefficient (Wildman–Crippen LogP) is 0.643. The Bertz CT molecular complexity index is 585. The molecule has 0 fully saturated rings. The van der Waals surface area contributed by atoms with Gasteiger partial charge in [0.25, 0.3) is 11.6 Å². The number of nitrogens with zero attached hydrogens (tertiary/aromatic N) is 1. The van der Waals surface area contributed by atoms with E-state index in [9.17, 15) is 24.5 Å². The second-order valence-electron chi connectivity index (χ2n) is 4.07. The molecule has 112 valence electrons. The number of rotatable bonds is 7. The number of carbonyl (C=O) groups is 3. The third-order valence-electron chi connectivity index (χ3n) is 2.60. The van der Waals surface area contributed by atoms with Crippen molar-refractivity contribution in [2.24, 2.45) is 0 Å². The molecule has 0 unspecified atom stereocenters. The van der Waals surface area contributed by atoms with Crippen molar-refractivity contribution in [2.45, 2.75) is 18.9 Å². The molecule has 0 aliphatic carbocycles. The molecule has 1 rings (SSSR count). The largest absolute Gasteiger partial charge is 0.481 e. The zero-order valence-electron chi connectivity index (χ0n) is 10.7. The Labute approximate surface area is 118 Å². The van der Waals surface area contributed by atoms with Crippen molar-refractivity contribution in [3.05, 3.63) is 39.9 Å². The van der Waals surface area contributed by atoms with E-state index in [-0.39, 0.29) is 12.0 Å². The van der Waals surface area contributed by atoms with Crippen LogP contribution in [0.2, 0.25) is 0 Å². The minimum Gasteiger partial charge on any atom is -0.481 e. The summed E-state index contributed by atoms with van der Waals surface area (Å²) in [6.45, 7) is 0. The standard InChI is InChI=1S/C12H12N2O7/c15-10(16)6-5-8(12(18)19)13-11(17)7-3-1-2-4-9(7)14(20)21/h1-4,8H,5-6H2,(H,13,17)(H,15,16)(H,18,19)/t8-/m0/s1. The third kappa shape index (κ3) is 4.56. The first-order chi connectivity index (χ1) is 9.82. The number of benzene rings is 1. The summed E-state index contributed by atoms with van der Waals surface area (Å²) in [6, 6.07) is 3.63. The number of nitro benzene ring substituents is 1. The molecule has 0 spiro atoms. The maximum Gasteiger partial charge on any atom is 0.326 e. The number of para-hydroxylation sites is 1. The molecule has 0 aromatic heterocycles. The summed E-state index contributed by atoms with van der Waals surface area (Å²) >= 11 is 0. The Hall–Kier alpha value is -2.97. The van der Waals surface area contributed by atoms with Crippen LogP contribution in [0.15, 0.2) is 24.3 Å².